The summed E-state index contributed by atoms with van der Waals surface area (Å²) in [4.78, 5) is 0.929. The molecule has 18 heavy (non-hydrogen) atoms. The van der Waals surface area contributed by atoms with Crippen LogP contribution in [-0.2, 0) is 6.54 Å². The number of fused-ring (bicyclic) bond motifs is 1. The van der Waals surface area contributed by atoms with Gasteiger partial charge in [-0.2, -0.15) is 9.61 Å². The normalized spacial score (nSPS) is 16.6. The zero-order valence-corrected chi connectivity index (χ0v) is 11.7. The average molecular weight is 265 g/mol. The number of nitrogens with zero attached hydrogens (tertiary/aromatic N) is 4. The number of hydrogen-bond acceptors (Lipinski definition) is 5. The van der Waals surface area contributed by atoms with Crippen LogP contribution >= 0.6 is 11.3 Å². The number of rotatable bonds is 5. The Morgan fingerprint density at radius 1 is 1.39 bits per heavy atom. The lowest BCUT2D eigenvalue weighted by atomic mass is 9.85. The molecular formula is C12H19N5S. The summed E-state index contributed by atoms with van der Waals surface area (Å²) in [6, 6.07) is 0. The topological polar surface area (TPSA) is 55.1 Å². The molecule has 1 saturated carbocycles. The Bertz CT molecular complexity index is 526. The van der Waals surface area contributed by atoms with Gasteiger partial charge in [-0.05, 0) is 25.3 Å². The van der Waals surface area contributed by atoms with Gasteiger partial charge in [0.15, 0.2) is 5.82 Å². The first-order chi connectivity index (χ1) is 8.74. The fraction of sp³-hybridized carbons (Fsp3) is 0.750. The molecule has 5 nitrogen and oxygen atoms in total. The van der Waals surface area contributed by atoms with Crippen LogP contribution in [0.15, 0.2) is 0 Å². The van der Waals surface area contributed by atoms with E-state index >= 15 is 0 Å². The van der Waals surface area contributed by atoms with Crippen molar-refractivity contribution in [3.8, 4) is 0 Å². The maximum Gasteiger partial charge on any atom is 0.234 e. The lowest BCUT2D eigenvalue weighted by molar-refractivity contribution is 0.394. The second-order valence-corrected chi connectivity index (χ2v) is 6.44. The van der Waals surface area contributed by atoms with E-state index in [0.717, 1.165) is 28.9 Å². The average Bonchev–Trinajstić information content (AvgIpc) is 2.77. The molecule has 0 amide bonds. The first-order valence-corrected chi connectivity index (χ1v) is 7.47. The summed E-state index contributed by atoms with van der Waals surface area (Å²) in [5.74, 6) is 2.31. The van der Waals surface area contributed by atoms with Crippen molar-refractivity contribution in [1.29, 1.82) is 0 Å². The molecule has 1 aliphatic rings. The highest BCUT2D eigenvalue weighted by atomic mass is 32.1. The van der Waals surface area contributed by atoms with Gasteiger partial charge in [-0.1, -0.05) is 31.6 Å². The molecule has 3 rings (SSSR count). The molecule has 2 heterocycles. The summed E-state index contributed by atoms with van der Waals surface area (Å²) < 4.78 is 1.95. The maximum absolute atomic E-state index is 4.62. The van der Waals surface area contributed by atoms with Gasteiger partial charge in [-0.15, -0.1) is 10.2 Å². The summed E-state index contributed by atoms with van der Waals surface area (Å²) in [5.41, 5.74) is 0. The molecule has 0 atom stereocenters. The smallest absolute Gasteiger partial charge is 0.234 e. The third-order valence-corrected chi connectivity index (χ3v) is 4.25. The van der Waals surface area contributed by atoms with E-state index in [1.165, 1.54) is 19.3 Å². The molecule has 0 radical (unpaired) electrons. The first kappa shape index (κ1) is 12.0. The Labute approximate surface area is 111 Å². The summed E-state index contributed by atoms with van der Waals surface area (Å²) in [6.45, 7) is 6.27. The molecule has 1 N–H and O–H groups in total. The molecule has 6 heteroatoms. The van der Waals surface area contributed by atoms with Crippen molar-refractivity contribution in [2.75, 3.05) is 6.54 Å². The van der Waals surface area contributed by atoms with E-state index in [9.17, 15) is 0 Å². The van der Waals surface area contributed by atoms with E-state index in [1.54, 1.807) is 11.3 Å². The van der Waals surface area contributed by atoms with Crippen LogP contribution in [0.5, 0.6) is 0 Å². The van der Waals surface area contributed by atoms with Crippen LogP contribution in [0.25, 0.3) is 4.96 Å². The summed E-state index contributed by atoms with van der Waals surface area (Å²) in [5, 5.41) is 17.6. The van der Waals surface area contributed by atoms with Gasteiger partial charge in [0, 0.05) is 12.5 Å². The van der Waals surface area contributed by atoms with Crippen molar-refractivity contribution in [3.05, 3.63) is 10.8 Å². The van der Waals surface area contributed by atoms with E-state index in [0.29, 0.717) is 11.8 Å². The fourth-order valence-electron chi connectivity index (χ4n) is 2.13. The van der Waals surface area contributed by atoms with Crippen LogP contribution < -0.4 is 5.32 Å². The zero-order chi connectivity index (χ0) is 12.5. The highest BCUT2D eigenvalue weighted by molar-refractivity contribution is 7.16. The Morgan fingerprint density at radius 3 is 2.89 bits per heavy atom. The summed E-state index contributed by atoms with van der Waals surface area (Å²) >= 11 is 1.64. The lowest BCUT2D eigenvalue weighted by Crippen LogP contribution is -2.19. The third kappa shape index (κ3) is 2.27. The van der Waals surface area contributed by atoms with Crippen LogP contribution in [0.1, 0.15) is 49.9 Å². The Balaban J connectivity index is 1.72. The van der Waals surface area contributed by atoms with Gasteiger partial charge in [0.2, 0.25) is 4.96 Å². The standard InChI is InChI=1S/C12H19N5S/c1-8(2)6-13-7-10-16-17-11(9-4-3-5-9)14-15-12(17)18-10/h8-9,13H,3-7H2,1-2H3. The van der Waals surface area contributed by atoms with E-state index in [1.807, 2.05) is 4.52 Å². The van der Waals surface area contributed by atoms with Crippen molar-refractivity contribution in [2.24, 2.45) is 5.92 Å². The zero-order valence-electron chi connectivity index (χ0n) is 10.9. The molecule has 0 bridgehead atoms. The molecule has 0 aromatic carbocycles. The molecule has 1 fully saturated rings. The number of hydrogen-bond donors (Lipinski definition) is 1. The van der Waals surface area contributed by atoms with Gasteiger partial charge < -0.3 is 5.32 Å². The van der Waals surface area contributed by atoms with Crippen LogP contribution in [0.3, 0.4) is 0 Å². The quantitative estimate of drug-likeness (QED) is 0.900. The minimum absolute atomic E-state index is 0.582. The molecule has 2 aromatic rings. The Kier molecular flexibility index (Phi) is 3.30. The molecular weight excluding hydrogens is 246 g/mol. The molecule has 0 spiro atoms. The molecule has 98 valence electrons. The Morgan fingerprint density at radius 2 is 2.22 bits per heavy atom. The van der Waals surface area contributed by atoms with Crippen molar-refractivity contribution in [3.63, 3.8) is 0 Å². The highest BCUT2D eigenvalue weighted by Crippen LogP contribution is 2.35. The molecule has 2 aromatic heterocycles. The number of aromatic nitrogens is 4. The van der Waals surface area contributed by atoms with Gasteiger partial charge in [0.05, 0.1) is 0 Å². The SMILES string of the molecule is CC(C)CNCc1nn2c(C3CCC3)nnc2s1. The predicted octanol–water partition coefficient (Wildman–Crippen LogP) is 2.20. The van der Waals surface area contributed by atoms with E-state index < -0.39 is 0 Å². The monoisotopic (exact) mass is 265 g/mol. The van der Waals surface area contributed by atoms with E-state index in [4.69, 9.17) is 0 Å². The second kappa shape index (κ2) is 4.93. The molecule has 0 aliphatic heterocycles. The van der Waals surface area contributed by atoms with Crippen LogP contribution in [0, 0.1) is 5.92 Å². The second-order valence-electron chi connectivity index (χ2n) is 5.40. The van der Waals surface area contributed by atoms with E-state index in [-0.39, 0.29) is 0 Å². The number of nitrogens with one attached hydrogen (secondary N) is 1. The van der Waals surface area contributed by atoms with Crippen LogP contribution in [0.4, 0.5) is 0 Å². The first-order valence-electron chi connectivity index (χ1n) is 6.66. The lowest BCUT2D eigenvalue weighted by Gasteiger charge is -2.22. The van der Waals surface area contributed by atoms with Gasteiger partial charge in [0.1, 0.15) is 5.01 Å². The van der Waals surface area contributed by atoms with Crippen molar-refractivity contribution in [1.82, 2.24) is 25.1 Å². The van der Waals surface area contributed by atoms with Crippen LogP contribution in [-0.4, -0.2) is 26.4 Å². The highest BCUT2D eigenvalue weighted by Gasteiger charge is 2.26. The maximum atomic E-state index is 4.62. The van der Waals surface area contributed by atoms with Gasteiger partial charge in [-0.25, -0.2) is 0 Å². The van der Waals surface area contributed by atoms with Crippen LogP contribution in [0.2, 0.25) is 0 Å². The molecule has 0 saturated heterocycles. The van der Waals surface area contributed by atoms with Crippen molar-refractivity contribution >= 4 is 16.3 Å². The minimum atomic E-state index is 0.582. The summed E-state index contributed by atoms with van der Waals surface area (Å²) in [7, 11) is 0. The van der Waals surface area contributed by atoms with E-state index in [2.05, 4.69) is 34.5 Å². The van der Waals surface area contributed by atoms with Crippen molar-refractivity contribution in [2.45, 2.75) is 45.6 Å². The predicted molar refractivity (Wildman–Crippen MR) is 71.8 cm³/mol. The molecule has 0 unspecified atom stereocenters. The largest absolute Gasteiger partial charge is 0.310 e. The third-order valence-electron chi connectivity index (χ3n) is 3.36. The van der Waals surface area contributed by atoms with Gasteiger partial charge >= 0.3 is 0 Å². The Hall–Kier alpha value is -1.01. The van der Waals surface area contributed by atoms with Gasteiger partial charge in [-0.3, -0.25) is 0 Å². The van der Waals surface area contributed by atoms with Crippen molar-refractivity contribution < 1.29 is 0 Å². The fourth-order valence-corrected chi connectivity index (χ4v) is 2.94. The minimum Gasteiger partial charge on any atom is -0.310 e. The summed E-state index contributed by atoms with van der Waals surface area (Å²) in [6.07, 6.45) is 3.78. The van der Waals surface area contributed by atoms with Gasteiger partial charge in [0.25, 0.3) is 0 Å². The molecule has 1 aliphatic carbocycles.